The van der Waals surface area contributed by atoms with Crippen LogP contribution in [0.25, 0.3) is 0 Å². The lowest BCUT2D eigenvalue weighted by atomic mass is 10.0. The van der Waals surface area contributed by atoms with Crippen molar-refractivity contribution in [1.29, 1.82) is 0 Å². The molecule has 108 valence electrons. The van der Waals surface area contributed by atoms with Crippen LogP contribution < -0.4 is 0 Å². The Labute approximate surface area is 90.6 Å². The van der Waals surface area contributed by atoms with Crippen LogP contribution in [0.4, 0.5) is 52.7 Å². The van der Waals surface area contributed by atoms with Gasteiger partial charge in [-0.1, -0.05) is 0 Å². The number of halogens is 12. The molecule has 0 amide bonds. The van der Waals surface area contributed by atoms with Crippen molar-refractivity contribution in [3.63, 3.8) is 0 Å². The highest BCUT2D eigenvalue weighted by molar-refractivity contribution is 5.16. The summed E-state index contributed by atoms with van der Waals surface area (Å²) in [5.41, 5.74) is 0. The van der Waals surface area contributed by atoms with E-state index in [2.05, 4.69) is 0 Å². The van der Waals surface area contributed by atoms with Crippen molar-refractivity contribution < 1.29 is 52.7 Å². The van der Waals surface area contributed by atoms with Crippen LogP contribution in [0.2, 0.25) is 0 Å². The zero-order valence-corrected chi connectivity index (χ0v) is 7.54. The highest BCUT2D eigenvalue weighted by Crippen LogP contribution is 2.56. The standard InChI is InChI=1S/C6F12/c7-1(4(12,13)6(16,17)18)3(10,11)5(14,15)2(8)9. The number of hydrogen-bond donors (Lipinski definition) is 0. The fraction of sp³-hybridized carbons (Fsp3) is 0.667. The second kappa shape index (κ2) is 4.37. The van der Waals surface area contributed by atoms with Crippen LogP contribution in [0.5, 0.6) is 0 Å². The van der Waals surface area contributed by atoms with Gasteiger partial charge in [0, 0.05) is 0 Å². The van der Waals surface area contributed by atoms with Gasteiger partial charge in [0.25, 0.3) is 6.17 Å². The van der Waals surface area contributed by atoms with E-state index in [4.69, 9.17) is 0 Å². The summed E-state index contributed by atoms with van der Waals surface area (Å²) in [6.45, 7) is 0. The highest BCUT2D eigenvalue weighted by Gasteiger charge is 2.80. The Kier molecular flexibility index (Phi) is 4.16. The van der Waals surface area contributed by atoms with Crippen LogP contribution >= 0.6 is 0 Å². The molecule has 12 heteroatoms. The second-order valence-corrected chi connectivity index (χ2v) is 2.80. The molecule has 0 aromatic carbocycles. The summed E-state index contributed by atoms with van der Waals surface area (Å²) < 4.78 is 142. The molecule has 0 saturated carbocycles. The van der Waals surface area contributed by atoms with Crippen LogP contribution in [-0.4, -0.2) is 23.9 Å². The Morgan fingerprint density at radius 1 is 0.500 bits per heavy atom. The Morgan fingerprint density at radius 3 is 1.06 bits per heavy atom. The molecule has 0 spiro atoms. The minimum absolute atomic E-state index is 4.51. The quantitative estimate of drug-likeness (QED) is 0.676. The molecule has 0 unspecified atom stereocenters. The first kappa shape index (κ1) is 17.2. The minimum Gasteiger partial charge on any atom is -0.226 e. The van der Waals surface area contributed by atoms with Crippen molar-refractivity contribution in [2.24, 2.45) is 0 Å². The van der Waals surface area contributed by atoms with Gasteiger partial charge >= 0.3 is 30.4 Å². The van der Waals surface area contributed by atoms with Gasteiger partial charge in [0.1, 0.15) is 0 Å². The summed E-state index contributed by atoms with van der Waals surface area (Å²) in [7, 11) is 0. The first-order valence-corrected chi connectivity index (χ1v) is 3.52. The van der Waals surface area contributed by atoms with E-state index in [0.717, 1.165) is 0 Å². The molecule has 0 atom stereocenters. The van der Waals surface area contributed by atoms with E-state index in [9.17, 15) is 52.7 Å². The van der Waals surface area contributed by atoms with Crippen molar-refractivity contribution in [2.75, 3.05) is 0 Å². The van der Waals surface area contributed by atoms with Gasteiger partial charge in [0.05, 0.1) is 0 Å². The van der Waals surface area contributed by atoms with Gasteiger partial charge in [0.15, 0.2) is 0 Å². The average molecular weight is 300 g/mol. The van der Waals surface area contributed by atoms with Gasteiger partial charge in [-0.3, -0.25) is 0 Å². The molecule has 0 aliphatic heterocycles. The van der Waals surface area contributed by atoms with E-state index >= 15 is 0 Å². The molecule has 0 aromatic heterocycles. The maximum atomic E-state index is 12.2. The Morgan fingerprint density at radius 2 is 0.833 bits per heavy atom. The average Bonchev–Trinajstić information content (AvgIpc) is 2.13. The van der Waals surface area contributed by atoms with Crippen molar-refractivity contribution in [3.8, 4) is 0 Å². The minimum atomic E-state index is -7.02. The Balaban J connectivity index is 5.52. The van der Waals surface area contributed by atoms with Gasteiger partial charge in [-0.05, 0) is 0 Å². The number of hydrogen-bond acceptors (Lipinski definition) is 0. The molecule has 0 bridgehead atoms. The summed E-state index contributed by atoms with van der Waals surface area (Å²) in [5, 5.41) is 0. The molecular weight excluding hydrogens is 300 g/mol. The normalized spacial score (nSPS) is 15.7. The van der Waals surface area contributed by atoms with E-state index in [1.54, 1.807) is 0 Å². The molecule has 0 fully saturated rings. The molecule has 0 saturated heterocycles. The third-order valence-electron chi connectivity index (χ3n) is 1.54. The smallest absolute Gasteiger partial charge is 0.226 e. The zero-order chi connectivity index (χ0) is 15.2. The molecule has 0 aliphatic carbocycles. The van der Waals surface area contributed by atoms with Gasteiger partial charge in [0.2, 0.25) is 0 Å². The van der Waals surface area contributed by atoms with Crippen LogP contribution in [-0.2, 0) is 0 Å². The SMILES string of the molecule is F[C](F)C(F)(F)C(F)(F)[C](F)C(F)(F)C(F)(F)F. The van der Waals surface area contributed by atoms with E-state index in [1.807, 2.05) is 0 Å². The molecule has 0 heterocycles. The fourth-order valence-electron chi connectivity index (χ4n) is 0.578. The summed E-state index contributed by atoms with van der Waals surface area (Å²) in [4.78, 5) is 0. The first-order valence-electron chi connectivity index (χ1n) is 3.52. The van der Waals surface area contributed by atoms with Crippen LogP contribution in [0.3, 0.4) is 0 Å². The molecule has 0 N–H and O–H groups in total. The Bertz CT molecular complexity index is 287. The van der Waals surface area contributed by atoms with E-state index < -0.39 is 36.5 Å². The van der Waals surface area contributed by atoms with Crippen molar-refractivity contribution in [2.45, 2.75) is 23.9 Å². The van der Waals surface area contributed by atoms with Crippen molar-refractivity contribution >= 4 is 0 Å². The first-order chi connectivity index (χ1) is 7.60. The van der Waals surface area contributed by atoms with E-state index in [-0.39, 0.29) is 0 Å². The summed E-state index contributed by atoms with van der Waals surface area (Å²) in [6, 6.07) is 0. The molecular formula is C6F12. The maximum Gasteiger partial charge on any atom is 0.457 e. The predicted octanol–water partition coefficient (Wildman–Crippen LogP) is 4.38. The number of alkyl halides is 9. The lowest BCUT2D eigenvalue weighted by Crippen LogP contribution is -2.55. The predicted molar refractivity (Wildman–Crippen MR) is 30.7 cm³/mol. The zero-order valence-electron chi connectivity index (χ0n) is 7.54. The third-order valence-corrected chi connectivity index (χ3v) is 1.54. The van der Waals surface area contributed by atoms with Gasteiger partial charge in [-0.2, -0.15) is 48.3 Å². The Hall–Kier alpha value is -0.840. The largest absolute Gasteiger partial charge is 0.457 e. The molecule has 18 heavy (non-hydrogen) atoms. The topological polar surface area (TPSA) is 0 Å². The molecule has 0 aliphatic rings. The van der Waals surface area contributed by atoms with E-state index in [0.29, 0.717) is 0 Å². The van der Waals surface area contributed by atoms with Crippen molar-refractivity contribution in [1.82, 2.24) is 0 Å². The summed E-state index contributed by atoms with van der Waals surface area (Å²) in [6.07, 6.45) is -16.4. The summed E-state index contributed by atoms with van der Waals surface area (Å²) >= 11 is 0. The van der Waals surface area contributed by atoms with E-state index in [1.165, 1.54) is 0 Å². The van der Waals surface area contributed by atoms with Gasteiger partial charge in [-0.25, -0.2) is 4.39 Å². The molecule has 0 aromatic rings. The van der Waals surface area contributed by atoms with Crippen LogP contribution in [0.15, 0.2) is 0 Å². The highest BCUT2D eigenvalue weighted by atomic mass is 19.4. The lowest BCUT2D eigenvalue weighted by molar-refractivity contribution is -0.321. The maximum absolute atomic E-state index is 12.2. The lowest BCUT2D eigenvalue weighted by Gasteiger charge is -2.31. The number of rotatable bonds is 4. The second-order valence-electron chi connectivity index (χ2n) is 2.80. The summed E-state index contributed by atoms with van der Waals surface area (Å²) in [5.74, 6) is -20.8. The van der Waals surface area contributed by atoms with Crippen LogP contribution in [0, 0.1) is 12.6 Å². The monoisotopic (exact) mass is 300 g/mol. The molecule has 0 nitrogen and oxygen atoms in total. The van der Waals surface area contributed by atoms with Gasteiger partial charge < -0.3 is 0 Å². The molecule has 2 radical (unpaired) electrons. The van der Waals surface area contributed by atoms with Crippen LogP contribution in [0.1, 0.15) is 0 Å². The van der Waals surface area contributed by atoms with Gasteiger partial charge in [-0.15, -0.1) is 0 Å². The van der Waals surface area contributed by atoms with Crippen molar-refractivity contribution in [3.05, 3.63) is 12.6 Å². The molecule has 0 rings (SSSR count). The fourth-order valence-corrected chi connectivity index (χ4v) is 0.578. The third kappa shape index (κ3) is 2.46.